The molecular weight excluding hydrogens is 427 g/mol. The normalized spacial score (nSPS) is 18.3. The largest absolute Gasteiger partial charge is 0.507 e. The molecule has 8 heteroatoms. The lowest BCUT2D eigenvalue weighted by Crippen LogP contribution is -2.35. The van der Waals surface area contributed by atoms with Crippen LogP contribution in [0.4, 0.5) is 0 Å². The van der Waals surface area contributed by atoms with Crippen molar-refractivity contribution in [2.45, 2.75) is 6.04 Å². The van der Waals surface area contributed by atoms with Crippen LogP contribution in [0.1, 0.15) is 17.2 Å². The van der Waals surface area contributed by atoms with E-state index in [1.54, 1.807) is 0 Å². The second-order valence-electron chi connectivity index (χ2n) is 7.18. The van der Waals surface area contributed by atoms with Gasteiger partial charge in [-0.15, -0.1) is 0 Å². The van der Waals surface area contributed by atoms with Gasteiger partial charge in [0.25, 0.3) is 11.7 Å². The second-order valence-corrected chi connectivity index (χ2v) is 7.99. The number of hydrogen-bond acceptors (Lipinski definition) is 5. The Balaban J connectivity index is 2.17. The highest BCUT2D eigenvalue weighted by molar-refractivity contribution is 6.46. The molecule has 2 aromatic carbocycles. The van der Waals surface area contributed by atoms with Gasteiger partial charge in [-0.3, -0.25) is 9.59 Å². The Labute approximate surface area is 185 Å². The van der Waals surface area contributed by atoms with Gasteiger partial charge in [0.05, 0.1) is 28.8 Å². The van der Waals surface area contributed by atoms with Crippen molar-refractivity contribution in [3.8, 4) is 5.75 Å². The number of benzene rings is 2. The summed E-state index contributed by atoms with van der Waals surface area (Å²) in [5, 5.41) is 11.4. The lowest BCUT2D eigenvalue weighted by atomic mass is 9.95. The lowest BCUT2D eigenvalue weighted by molar-refractivity contribution is -0.140. The molecule has 0 bridgehead atoms. The number of carbonyl (C=O) groups is 2. The number of rotatable bonds is 6. The number of likely N-dealkylation sites (N-methyl/N-ethyl adjacent to an activating group) is 1. The Bertz CT molecular complexity index is 982. The van der Waals surface area contributed by atoms with E-state index in [9.17, 15) is 14.7 Å². The van der Waals surface area contributed by atoms with E-state index in [0.717, 1.165) is 5.56 Å². The van der Waals surface area contributed by atoms with Crippen LogP contribution in [0.3, 0.4) is 0 Å². The van der Waals surface area contributed by atoms with Crippen LogP contribution in [-0.4, -0.2) is 60.9 Å². The zero-order valence-electron chi connectivity index (χ0n) is 16.9. The Morgan fingerprint density at radius 1 is 1.13 bits per heavy atom. The molecule has 0 saturated carbocycles. The number of likely N-dealkylation sites (tertiary alicyclic amines) is 1. The molecule has 1 saturated heterocycles. The summed E-state index contributed by atoms with van der Waals surface area (Å²) in [4.78, 5) is 29.2. The number of carbonyl (C=O) groups excluding carboxylic acids is 2. The first-order valence-corrected chi connectivity index (χ1v) is 10.0. The molecule has 2 aromatic rings. The highest BCUT2D eigenvalue weighted by Crippen LogP contribution is 2.41. The molecule has 30 heavy (non-hydrogen) atoms. The molecule has 0 spiro atoms. The average Bonchev–Trinajstić information content (AvgIpc) is 2.96. The molecule has 1 heterocycles. The highest BCUT2D eigenvalue weighted by Gasteiger charge is 2.45. The van der Waals surface area contributed by atoms with Crippen LogP contribution < -0.4 is 4.74 Å². The maximum absolute atomic E-state index is 12.9. The molecule has 1 N–H and O–H groups in total. The third kappa shape index (κ3) is 4.17. The first-order chi connectivity index (χ1) is 14.3. The number of hydrogen-bond donors (Lipinski definition) is 1. The van der Waals surface area contributed by atoms with Crippen LogP contribution in [-0.2, 0) is 9.59 Å². The van der Waals surface area contributed by atoms with Crippen LogP contribution in [0.25, 0.3) is 5.76 Å². The topological polar surface area (TPSA) is 70.1 Å². The predicted octanol–water partition coefficient (Wildman–Crippen LogP) is 3.99. The minimum absolute atomic E-state index is 0.00209. The zero-order chi connectivity index (χ0) is 22.0. The number of ether oxygens (including phenoxy) is 1. The molecule has 0 aliphatic carbocycles. The second kappa shape index (κ2) is 9.08. The van der Waals surface area contributed by atoms with Gasteiger partial charge in [0, 0.05) is 18.7 Å². The van der Waals surface area contributed by atoms with Crippen LogP contribution in [0.5, 0.6) is 5.75 Å². The number of methoxy groups -OCH3 is 1. The fraction of sp³-hybridized carbons (Fsp3) is 0.273. The summed E-state index contributed by atoms with van der Waals surface area (Å²) < 4.78 is 5.14. The number of aliphatic hydroxyl groups excluding tert-OH is 1. The van der Waals surface area contributed by atoms with Gasteiger partial charge in [-0.05, 0) is 31.8 Å². The molecule has 158 valence electrons. The summed E-state index contributed by atoms with van der Waals surface area (Å²) in [6.45, 7) is 0.897. The molecule has 1 amide bonds. The van der Waals surface area contributed by atoms with Crippen LogP contribution in [0.2, 0.25) is 10.0 Å². The van der Waals surface area contributed by atoms with E-state index in [-0.39, 0.29) is 32.7 Å². The van der Waals surface area contributed by atoms with Gasteiger partial charge >= 0.3 is 0 Å². The molecule has 1 fully saturated rings. The van der Waals surface area contributed by atoms with Gasteiger partial charge in [-0.1, -0.05) is 53.5 Å². The number of amides is 1. The van der Waals surface area contributed by atoms with Gasteiger partial charge in [0.15, 0.2) is 5.75 Å². The van der Waals surface area contributed by atoms with Gasteiger partial charge in [-0.2, -0.15) is 0 Å². The summed E-state index contributed by atoms with van der Waals surface area (Å²) in [6.07, 6.45) is 0. The van der Waals surface area contributed by atoms with E-state index in [1.165, 1.54) is 24.1 Å². The van der Waals surface area contributed by atoms with Gasteiger partial charge in [-0.25, -0.2) is 0 Å². The first-order valence-electron chi connectivity index (χ1n) is 9.27. The van der Waals surface area contributed by atoms with Gasteiger partial charge in [0.1, 0.15) is 5.76 Å². The molecule has 1 aliphatic rings. The Morgan fingerprint density at radius 3 is 2.27 bits per heavy atom. The van der Waals surface area contributed by atoms with Crippen LogP contribution in [0.15, 0.2) is 48.0 Å². The van der Waals surface area contributed by atoms with E-state index < -0.39 is 17.7 Å². The van der Waals surface area contributed by atoms with E-state index >= 15 is 0 Å². The molecule has 1 unspecified atom stereocenters. The number of ketones is 1. The lowest BCUT2D eigenvalue weighted by Gasteiger charge is -2.26. The third-order valence-corrected chi connectivity index (χ3v) is 5.48. The quantitative estimate of drug-likeness (QED) is 0.411. The summed E-state index contributed by atoms with van der Waals surface area (Å²) in [6, 6.07) is 11.3. The van der Waals surface area contributed by atoms with Crippen molar-refractivity contribution in [1.29, 1.82) is 0 Å². The first kappa shape index (κ1) is 22.2. The molecule has 1 atom stereocenters. The van der Waals surface area contributed by atoms with E-state index in [4.69, 9.17) is 27.9 Å². The number of nitrogens with zero attached hydrogens (tertiary/aromatic N) is 2. The maximum Gasteiger partial charge on any atom is 0.295 e. The average molecular weight is 449 g/mol. The maximum atomic E-state index is 12.9. The minimum Gasteiger partial charge on any atom is -0.507 e. The van der Waals surface area contributed by atoms with Crippen LogP contribution in [0, 0.1) is 0 Å². The predicted molar refractivity (Wildman–Crippen MR) is 117 cm³/mol. The zero-order valence-corrected chi connectivity index (χ0v) is 18.4. The Hall–Kier alpha value is -2.54. The van der Waals surface area contributed by atoms with Crippen LogP contribution >= 0.6 is 23.2 Å². The van der Waals surface area contributed by atoms with Crippen molar-refractivity contribution in [2.75, 3.05) is 34.3 Å². The van der Waals surface area contributed by atoms with Crippen molar-refractivity contribution >= 4 is 40.7 Å². The van der Waals surface area contributed by atoms with Gasteiger partial charge < -0.3 is 19.6 Å². The molecule has 0 radical (unpaired) electrons. The molecule has 1 aliphatic heterocycles. The third-order valence-electron chi connectivity index (χ3n) is 4.92. The molecule has 6 nitrogen and oxygen atoms in total. The van der Waals surface area contributed by atoms with Crippen molar-refractivity contribution in [1.82, 2.24) is 9.80 Å². The number of halogens is 2. The van der Waals surface area contributed by atoms with E-state index in [2.05, 4.69) is 0 Å². The molecule has 0 aromatic heterocycles. The summed E-state index contributed by atoms with van der Waals surface area (Å²) in [7, 11) is 5.20. The fourth-order valence-electron chi connectivity index (χ4n) is 3.45. The number of Topliss-reactive ketones (excluding diaryl/α,β-unsaturated/α-hetero) is 1. The van der Waals surface area contributed by atoms with Crippen molar-refractivity contribution < 1.29 is 19.4 Å². The standard InChI is InChI=1S/C22H22Cl2N2O4/c1-25(2)9-10-26-18(13-7-5-4-6-8-13)17(20(28)22(26)29)19(27)14-11-15(23)21(30-3)16(24)12-14/h4-8,11-12,18,27H,9-10H2,1-3H3/b19-17+. The smallest absolute Gasteiger partial charge is 0.295 e. The summed E-state index contributed by atoms with van der Waals surface area (Å²) in [5.41, 5.74) is 0.960. The van der Waals surface area contributed by atoms with Crippen molar-refractivity contribution in [3.63, 3.8) is 0 Å². The molecular formula is C22H22Cl2N2O4. The SMILES string of the molecule is COc1c(Cl)cc(/C(O)=C2\C(=O)C(=O)N(CCN(C)C)C2c2ccccc2)cc1Cl. The van der Waals surface area contributed by atoms with E-state index in [1.807, 2.05) is 49.3 Å². The van der Waals surface area contributed by atoms with E-state index in [0.29, 0.717) is 13.1 Å². The van der Waals surface area contributed by atoms with Crippen molar-refractivity contribution in [3.05, 3.63) is 69.2 Å². The summed E-state index contributed by atoms with van der Waals surface area (Å²) >= 11 is 12.4. The van der Waals surface area contributed by atoms with Crippen molar-refractivity contribution in [2.24, 2.45) is 0 Å². The minimum atomic E-state index is -0.747. The number of aliphatic hydroxyl groups is 1. The summed E-state index contributed by atoms with van der Waals surface area (Å²) in [5.74, 6) is -1.47. The molecule has 3 rings (SSSR count). The Kier molecular flexibility index (Phi) is 6.71. The highest BCUT2D eigenvalue weighted by atomic mass is 35.5. The Morgan fingerprint density at radius 2 is 1.73 bits per heavy atom. The van der Waals surface area contributed by atoms with Gasteiger partial charge in [0.2, 0.25) is 0 Å². The monoisotopic (exact) mass is 448 g/mol. The fourth-order valence-corrected chi connectivity index (χ4v) is 4.09.